The Bertz CT molecular complexity index is 140. The maximum absolute atomic E-state index is 5.66. The lowest BCUT2D eigenvalue weighted by Crippen LogP contribution is -2.33. The molecule has 0 saturated carbocycles. The lowest BCUT2D eigenvalue weighted by atomic mass is 10.4. The lowest BCUT2D eigenvalue weighted by Gasteiger charge is -2.17. The first-order valence-electron chi connectivity index (χ1n) is 2.91. The maximum Gasteiger partial charge on any atom is 0.294 e. The average Bonchev–Trinajstić information content (AvgIpc) is 2.30. The second kappa shape index (κ2) is 3.24. The predicted molar refractivity (Wildman–Crippen MR) is 41.7 cm³/mol. The van der Waals surface area contributed by atoms with Gasteiger partial charge in [-0.15, -0.1) is 23.2 Å². The van der Waals surface area contributed by atoms with Gasteiger partial charge in [-0.25, -0.2) is 0 Å². The van der Waals surface area contributed by atoms with E-state index in [9.17, 15) is 0 Å². The molecule has 0 radical (unpaired) electrons. The molecule has 1 rings (SSSR count). The fourth-order valence-corrected chi connectivity index (χ4v) is 0.999. The van der Waals surface area contributed by atoms with Crippen LogP contribution in [0.25, 0.3) is 0 Å². The van der Waals surface area contributed by atoms with Crippen LogP contribution in [-0.4, -0.2) is 22.8 Å². The van der Waals surface area contributed by atoms with E-state index in [0.29, 0.717) is 0 Å². The number of rotatable bonds is 2. The van der Waals surface area contributed by atoms with Crippen molar-refractivity contribution in [3.63, 3.8) is 0 Å². The Balaban J connectivity index is 2.58. The molecule has 0 N–H and O–H groups in total. The number of hydrogen-bond acceptors (Lipinski definition) is 3. The number of halogens is 3. The highest BCUT2D eigenvalue weighted by Crippen LogP contribution is 2.36. The largest absolute Gasteiger partial charge is 0.298 e. The second-order valence-electron chi connectivity index (χ2n) is 2.33. The average molecular weight is 221 g/mol. The summed E-state index contributed by atoms with van der Waals surface area (Å²) in [5.41, 5.74) is 0. The van der Waals surface area contributed by atoms with Crippen molar-refractivity contribution < 1.29 is 14.5 Å². The SMILES string of the molecule is C[C@@]1(CCl)OO[C@](Cl)(CCl)O1. The normalized spacial score (nSPS) is 44.7. The van der Waals surface area contributed by atoms with Crippen molar-refractivity contribution in [1.82, 2.24) is 0 Å². The molecule has 0 aromatic rings. The highest BCUT2D eigenvalue weighted by molar-refractivity contribution is 6.29. The van der Waals surface area contributed by atoms with Crippen LogP contribution in [0.15, 0.2) is 0 Å². The monoisotopic (exact) mass is 220 g/mol. The smallest absolute Gasteiger partial charge is 0.294 e. The van der Waals surface area contributed by atoms with Crippen molar-refractivity contribution in [3.05, 3.63) is 0 Å². The van der Waals surface area contributed by atoms with Gasteiger partial charge in [0.2, 0.25) is 5.79 Å². The maximum atomic E-state index is 5.66. The van der Waals surface area contributed by atoms with Gasteiger partial charge in [-0.3, -0.25) is 4.74 Å². The summed E-state index contributed by atoms with van der Waals surface area (Å²) in [6.07, 6.45) is 0. The van der Waals surface area contributed by atoms with Crippen molar-refractivity contribution in [3.8, 4) is 0 Å². The Hall–Kier alpha value is 0.750. The van der Waals surface area contributed by atoms with Gasteiger partial charge in [0, 0.05) is 0 Å². The van der Waals surface area contributed by atoms with Crippen LogP contribution >= 0.6 is 34.8 Å². The summed E-state index contributed by atoms with van der Waals surface area (Å²) in [4.78, 5) is 9.35. The zero-order chi connectivity index (χ0) is 8.54. The summed E-state index contributed by atoms with van der Waals surface area (Å²) in [6, 6.07) is 0. The molecule has 1 heterocycles. The molecule has 3 nitrogen and oxygen atoms in total. The van der Waals surface area contributed by atoms with Gasteiger partial charge in [-0.1, -0.05) is 11.6 Å². The summed E-state index contributed by atoms with van der Waals surface area (Å²) in [7, 11) is 0. The fourth-order valence-electron chi connectivity index (χ4n) is 0.606. The molecule has 0 aromatic heterocycles. The Morgan fingerprint density at radius 2 is 1.82 bits per heavy atom. The molecule has 1 aliphatic heterocycles. The standard InChI is InChI=1S/C5H7Cl3O3/c1-4(2-6)9-5(8,3-7)11-10-4/h2-3H2,1H3/t4-,5-/m0/s1. The predicted octanol–water partition coefficient (Wildman–Crippen LogP) is 2.05. The Morgan fingerprint density at radius 3 is 2.09 bits per heavy atom. The van der Waals surface area contributed by atoms with Gasteiger partial charge in [0.1, 0.15) is 0 Å². The van der Waals surface area contributed by atoms with Crippen LogP contribution < -0.4 is 0 Å². The first-order valence-corrected chi connectivity index (χ1v) is 4.36. The third-order valence-electron chi connectivity index (χ3n) is 1.11. The van der Waals surface area contributed by atoms with Gasteiger partial charge < -0.3 is 0 Å². The van der Waals surface area contributed by atoms with E-state index in [4.69, 9.17) is 44.4 Å². The van der Waals surface area contributed by atoms with Crippen molar-refractivity contribution in [1.29, 1.82) is 0 Å². The van der Waals surface area contributed by atoms with Crippen LogP contribution in [-0.2, 0) is 14.5 Å². The molecule has 0 unspecified atom stereocenters. The minimum absolute atomic E-state index is 0.0268. The molecule has 1 aliphatic rings. The molecular formula is C5H7Cl3O3. The first kappa shape index (κ1) is 9.84. The molecule has 2 atom stereocenters. The number of hydrogen-bond donors (Lipinski definition) is 0. The van der Waals surface area contributed by atoms with E-state index in [0.717, 1.165) is 0 Å². The van der Waals surface area contributed by atoms with Crippen LogP contribution in [0.3, 0.4) is 0 Å². The summed E-state index contributed by atoms with van der Waals surface area (Å²) < 4.78 is 5.09. The molecule has 6 heteroatoms. The van der Waals surface area contributed by atoms with E-state index in [2.05, 4.69) is 4.89 Å². The van der Waals surface area contributed by atoms with Crippen molar-refractivity contribution in [2.75, 3.05) is 11.8 Å². The molecule has 66 valence electrons. The molecular weight excluding hydrogens is 214 g/mol. The van der Waals surface area contributed by atoms with Gasteiger partial charge in [-0.2, -0.15) is 9.78 Å². The van der Waals surface area contributed by atoms with Crippen LogP contribution in [0.1, 0.15) is 6.92 Å². The second-order valence-corrected chi connectivity index (χ2v) is 3.44. The van der Waals surface area contributed by atoms with E-state index in [-0.39, 0.29) is 11.8 Å². The number of ether oxygens (including phenoxy) is 1. The Kier molecular flexibility index (Phi) is 2.90. The summed E-state index contributed by atoms with van der Waals surface area (Å²) in [5, 5.41) is -1.40. The molecule has 0 aromatic carbocycles. The first-order chi connectivity index (χ1) is 5.04. The minimum Gasteiger partial charge on any atom is -0.298 e. The zero-order valence-electron chi connectivity index (χ0n) is 5.77. The lowest BCUT2D eigenvalue weighted by molar-refractivity contribution is -0.324. The van der Waals surface area contributed by atoms with E-state index in [1.165, 1.54) is 0 Å². The van der Waals surface area contributed by atoms with E-state index in [1.54, 1.807) is 6.92 Å². The Morgan fingerprint density at radius 1 is 1.18 bits per heavy atom. The van der Waals surface area contributed by atoms with Gasteiger partial charge in [0.25, 0.3) is 5.25 Å². The molecule has 0 spiro atoms. The van der Waals surface area contributed by atoms with Crippen molar-refractivity contribution in [2.45, 2.75) is 18.0 Å². The summed E-state index contributed by atoms with van der Waals surface area (Å²) in [6.45, 7) is 1.61. The highest BCUT2D eigenvalue weighted by atomic mass is 35.5. The number of alkyl halides is 3. The van der Waals surface area contributed by atoms with Crippen LogP contribution in [0.4, 0.5) is 0 Å². The molecule has 1 fully saturated rings. The third-order valence-corrected chi connectivity index (χ3v) is 2.36. The molecule has 0 amide bonds. The van der Waals surface area contributed by atoms with Gasteiger partial charge >= 0.3 is 0 Å². The van der Waals surface area contributed by atoms with Gasteiger partial charge in [-0.05, 0) is 6.92 Å². The third kappa shape index (κ3) is 2.11. The molecule has 1 saturated heterocycles. The van der Waals surface area contributed by atoms with E-state index >= 15 is 0 Å². The van der Waals surface area contributed by atoms with Crippen LogP contribution in [0.5, 0.6) is 0 Å². The Labute approximate surface area is 79.4 Å². The van der Waals surface area contributed by atoms with Crippen molar-refractivity contribution >= 4 is 34.8 Å². The topological polar surface area (TPSA) is 27.7 Å². The molecule has 0 aliphatic carbocycles. The van der Waals surface area contributed by atoms with Gasteiger partial charge in [0.05, 0.1) is 11.8 Å². The van der Waals surface area contributed by atoms with Crippen LogP contribution in [0, 0.1) is 0 Å². The molecule has 0 bridgehead atoms. The van der Waals surface area contributed by atoms with E-state index in [1.807, 2.05) is 0 Å². The quantitative estimate of drug-likeness (QED) is 0.528. The van der Waals surface area contributed by atoms with Crippen molar-refractivity contribution in [2.24, 2.45) is 0 Å². The summed E-state index contributed by atoms with van der Waals surface area (Å²) >= 11 is 16.6. The van der Waals surface area contributed by atoms with E-state index < -0.39 is 11.0 Å². The molecule has 11 heavy (non-hydrogen) atoms. The summed E-state index contributed by atoms with van der Waals surface area (Å²) in [5.74, 6) is -0.905. The fraction of sp³-hybridized carbons (Fsp3) is 1.00. The van der Waals surface area contributed by atoms with Gasteiger partial charge in [0.15, 0.2) is 0 Å². The zero-order valence-corrected chi connectivity index (χ0v) is 8.04. The highest BCUT2D eigenvalue weighted by Gasteiger charge is 2.48. The van der Waals surface area contributed by atoms with Crippen LogP contribution in [0.2, 0.25) is 0 Å². The minimum atomic E-state index is -1.40.